The molecule has 0 atom stereocenters. The lowest BCUT2D eigenvalue weighted by Crippen LogP contribution is -2.46. The molecule has 0 aliphatic heterocycles. The van der Waals surface area contributed by atoms with Crippen LogP contribution < -0.4 is 0 Å². The minimum atomic E-state index is -0.862. The molecule has 0 aromatic heterocycles. The molecule has 1 rings (SSSR count). The maximum absolute atomic E-state index is 11.4. The van der Waals surface area contributed by atoms with Crippen LogP contribution >= 0.6 is 0 Å². The van der Waals surface area contributed by atoms with E-state index in [1.54, 1.807) is 13.8 Å². The molecule has 90 valence electrons. The standard InChI is InChI=1S/C13H20O3/c1-9(2)13(12(3,4)11(15)16)7-5-10(14)6-8-13/h1,5-8H2,2-4H3,(H,15,16). The van der Waals surface area contributed by atoms with Crippen molar-refractivity contribution in [2.24, 2.45) is 10.8 Å². The summed E-state index contributed by atoms with van der Waals surface area (Å²) < 4.78 is 0. The summed E-state index contributed by atoms with van der Waals surface area (Å²) in [5, 5.41) is 9.35. The molecule has 0 heterocycles. The quantitative estimate of drug-likeness (QED) is 0.750. The number of Topliss-reactive ketones (excluding diaryl/α,β-unsaturated/α-hetero) is 1. The van der Waals surface area contributed by atoms with Gasteiger partial charge in [0.2, 0.25) is 0 Å². The minimum Gasteiger partial charge on any atom is -0.481 e. The molecule has 0 unspecified atom stereocenters. The number of carbonyl (C=O) groups excluding carboxylic acids is 1. The number of hydrogen-bond donors (Lipinski definition) is 1. The highest BCUT2D eigenvalue weighted by molar-refractivity contribution is 5.81. The van der Waals surface area contributed by atoms with Crippen LogP contribution in [-0.4, -0.2) is 16.9 Å². The second-order valence-corrected chi connectivity index (χ2v) is 5.33. The zero-order valence-electron chi connectivity index (χ0n) is 10.3. The average Bonchev–Trinajstić information content (AvgIpc) is 2.18. The molecule has 0 amide bonds. The van der Waals surface area contributed by atoms with E-state index in [4.69, 9.17) is 0 Å². The number of hydrogen-bond acceptors (Lipinski definition) is 2. The Morgan fingerprint density at radius 2 is 1.81 bits per heavy atom. The van der Waals surface area contributed by atoms with E-state index in [9.17, 15) is 14.7 Å². The van der Waals surface area contributed by atoms with Crippen molar-refractivity contribution in [1.82, 2.24) is 0 Å². The SMILES string of the molecule is C=C(C)C1(C(C)(C)C(=O)O)CCC(=O)CC1. The van der Waals surface area contributed by atoms with Crippen LogP contribution in [0.1, 0.15) is 46.5 Å². The summed E-state index contributed by atoms with van der Waals surface area (Å²) in [6, 6.07) is 0. The predicted molar refractivity (Wildman–Crippen MR) is 62.1 cm³/mol. The van der Waals surface area contributed by atoms with Crippen LogP contribution in [-0.2, 0) is 9.59 Å². The lowest BCUT2D eigenvalue weighted by atomic mass is 9.55. The second kappa shape index (κ2) is 4.04. The second-order valence-electron chi connectivity index (χ2n) is 5.33. The Hall–Kier alpha value is -1.12. The first kappa shape index (κ1) is 12.9. The van der Waals surface area contributed by atoms with E-state index < -0.39 is 16.8 Å². The van der Waals surface area contributed by atoms with Crippen LogP contribution in [0, 0.1) is 10.8 Å². The van der Waals surface area contributed by atoms with E-state index in [0.29, 0.717) is 25.7 Å². The Kier molecular flexibility index (Phi) is 3.27. The van der Waals surface area contributed by atoms with Gasteiger partial charge in [-0.3, -0.25) is 9.59 Å². The third-order valence-corrected chi connectivity index (χ3v) is 4.21. The maximum atomic E-state index is 11.4. The molecule has 0 bridgehead atoms. The number of aliphatic carboxylic acids is 1. The van der Waals surface area contributed by atoms with E-state index in [1.165, 1.54) is 0 Å². The van der Waals surface area contributed by atoms with E-state index in [0.717, 1.165) is 5.57 Å². The fraction of sp³-hybridized carbons (Fsp3) is 0.692. The number of carbonyl (C=O) groups is 2. The normalized spacial score (nSPS) is 20.6. The fourth-order valence-corrected chi connectivity index (χ4v) is 2.75. The van der Waals surface area contributed by atoms with Crippen molar-refractivity contribution in [2.45, 2.75) is 46.5 Å². The summed E-state index contributed by atoms with van der Waals surface area (Å²) >= 11 is 0. The molecule has 1 aliphatic rings. The smallest absolute Gasteiger partial charge is 0.309 e. The van der Waals surface area contributed by atoms with Gasteiger partial charge in [0.05, 0.1) is 5.41 Å². The number of allylic oxidation sites excluding steroid dienone is 1. The molecule has 3 heteroatoms. The number of carboxylic acids is 1. The third kappa shape index (κ3) is 1.79. The van der Waals surface area contributed by atoms with Crippen molar-refractivity contribution in [1.29, 1.82) is 0 Å². The Bertz CT molecular complexity index is 329. The summed E-state index contributed by atoms with van der Waals surface area (Å²) in [6.07, 6.45) is 2.17. The molecule has 1 N–H and O–H groups in total. The zero-order valence-corrected chi connectivity index (χ0v) is 10.3. The molecule has 3 nitrogen and oxygen atoms in total. The third-order valence-electron chi connectivity index (χ3n) is 4.21. The van der Waals surface area contributed by atoms with Gasteiger partial charge in [-0.1, -0.05) is 12.2 Å². The van der Waals surface area contributed by atoms with Gasteiger partial charge in [0.25, 0.3) is 0 Å². The molecule has 0 aromatic carbocycles. The lowest BCUT2D eigenvalue weighted by molar-refractivity contribution is -0.156. The Morgan fingerprint density at radius 1 is 1.38 bits per heavy atom. The van der Waals surface area contributed by atoms with Crippen LogP contribution in [0.4, 0.5) is 0 Å². The molecule has 0 spiro atoms. The van der Waals surface area contributed by atoms with Crippen molar-refractivity contribution in [2.75, 3.05) is 0 Å². The van der Waals surface area contributed by atoms with Gasteiger partial charge in [-0.15, -0.1) is 0 Å². The fourth-order valence-electron chi connectivity index (χ4n) is 2.75. The predicted octanol–water partition coefficient (Wildman–Crippen LogP) is 2.80. The number of carboxylic acid groups (broad SMARTS) is 1. The molecule has 1 saturated carbocycles. The van der Waals surface area contributed by atoms with Crippen molar-refractivity contribution in [3.63, 3.8) is 0 Å². The Balaban J connectivity index is 3.12. The minimum absolute atomic E-state index is 0.234. The molecule has 0 radical (unpaired) electrons. The lowest BCUT2D eigenvalue weighted by Gasteiger charge is -2.47. The molecule has 1 aliphatic carbocycles. The van der Waals surface area contributed by atoms with Crippen molar-refractivity contribution < 1.29 is 14.7 Å². The van der Waals surface area contributed by atoms with E-state index in [1.807, 2.05) is 6.92 Å². The summed E-state index contributed by atoms with van der Waals surface area (Å²) in [7, 11) is 0. The summed E-state index contributed by atoms with van der Waals surface area (Å²) in [5.74, 6) is -0.581. The molecule has 16 heavy (non-hydrogen) atoms. The monoisotopic (exact) mass is 224 g/mol. The highest BCUT2D eigenvalue weighted by Crippen LogP contribution is 2.53. The highest BCUT2D eigenvalue weighted by Gasteiger charge is 2.51. The molecular formula is C13H20O3. The number of rotatable bonds is 3. The van der Waals surface area contributed by atoms with Crippen LogP contribution in [0.2, 0.25) is 0 Å². The molecule has 1 fully saturated rings. The van der Waals surface area contributed by atoms with Gasteiger partial charge >= 0.3 is 5.97 Å². The van der Waals surface area contributed by atoms with Crippen LogP contribution in [0.25, 0.3) is 0 Å². The van der Waals surface area contributed by atoms with Crippen molar-refractivity contribution >= 4 is 11.8 Å². The summed E-state index contributed by atoms with van der Waals surface area (Å²) in [4.78, 5) is 22.7. The van der Waals surface area contributed by atoms with Gasteiger partial charge in [0, 0.05) is 18.3 Å². The first-order chi connectivity index (χ1) is 7.24. The molecule has 0 saturated heterocycles. The topological polar surface area (TPSA) is 54.4 Å². The number of ketones is 1. The van der Waals surface area contributed by atoms with Gasteiger partial charge in [-0.2, -0.15) is 0 Å². The first-order valence-electron chi connectivity index (χ1n) is 5.65. The van der Waals surface area contributed by atoms with Gasteiger partial charge < -0.3 is 5.11 Å². The highest BCUT2D eigenvalue weighted by atomic mass is 16.4. The molecular weight excluding hydrogens is 204 g/mol. The van der Waals surface area contributed by atoms with Gasteiger partial charge in [0.1, 0.15) is 5.78 Å². The van der Waals surface area contributed by atoms with Gasteiger partial charge in [-0.25, -0.2) is 0 Å². The van der Waals surface area contributed by atoms with Crippen LogP contribution in [0.15, 0.2) is 12.2 Å². The van der Waals surface area contributed by atoms with E-state index in [2.05, 4.69) is 6.58 Å². The maximum Gasteiger partial charge on any atom is 0.309 e. The van der Waals surface area contributed by atoms with Crippen molar-refractivity contribution in [3.05, 3.63) is 12.2 Å². The summed E-state index contributed by atoms with van der Waals surface area (Å²) in [6.45, 7) is 9.30. The van der Waals surface area contributed by atoms with Crippen molar-refractivity contribution in [3.8, 4) is 0 Å². The van der Waals surface area contributed by atoms with Crippen LogP contribution in [0.3, 0.4) is 0 Å². The first-order valence-corrected chi connectivity index (χ1v) is 5.65. The zero-order chi connectivity index (χ0) is 12.6. The average molecular weight is 224 g/mol. The Labute approximate surface area is 96.5 Å². The Morgan fingerprint density at radius 3 is 2.12 bits per heavy atom. The largest absolute Gasteiger partial charge is 0.481 e. The van der Waals surface area contributed by atoms with Crippen LogP contribution in [0.5, 0.6) is 0 Å². The van der Waals surface area contributed by atoms with E-state index in [-0.39, 0.29) is 5.78 Å². The molecule has 0 aromatic rings. The van der Waals surface area contributed by atoms with Gasteiger partial charge in [0.15, 0.2) is 0 Å². The summed E-state index contributed by atoms with van der Waals surface area (Å²) in [5.41, 5.74) is -0.417. The van der Waals surface area contributed by atoms with Gasteiger partial charge in [-0.05, 0) is 33.6 Å². The van der Waals surface area contributed by atoms with E-state index >= 15 is 0 Å².